The summed E-state index contributed by atoms with van der Waals surface area (Å²) in [6, 6.07) is 4.84. The molecule has 2 rings (SSSR count). The van der Waals surface area contributed by atoms with Crippen LogP contribution in [0.5, 0.6) is 0 Å². The van der Waals surface area contributed by atoms with Crippen molar-refractivity contribution < 1.29 is 14.8 Å². The van der Waals surface area contributed by atoms with Crippen LogP contribution in [0, 0.1) is 16.0 Å². The summed E-state index contributed by atoms with van der Waals surface area (Å²) >= 11 is 3.32. The number of nitro groups is 1. The lowest BCUT2D eigenvalue weighted by atomic mass is 9.94. The molecule has 108 valence electrons. The number of rotatable bonds is 4. The van der Waals surface area contributed by atoms with Crippen molar-refractivity contribution in [2.24, 2.45) is 5.92 Å². The van der Waals surface area contributed by atoms with Crippen molar-refractivity contribution in [1.29, 1.82) is 0 Å². The Morgan fingerprint density at radius 3 is 2.95 bits per heavy atom. The van der Waals surface area contributed by atoms with Crippen molar-refractivity contribution in [1.82, 2.24) is 0 Å². The van der Waals surface area contributed by atoms with E-state index in [9.17, 15) is 14.9 Å². The number of benzene rings is 1. The molecule has 1 heterocycles. The number of anilines is 1. The molecule has 0 radical (unpaired) electrons. The van der Waals surface area contributed by atoms with E-state index in [1.165, 1.54) is 6.07 Å². The number of hydrogen-bond donors (Lipinski definition) is 1. The number of carbonyl (C=O) groups is 1. The molecule has 0 saturated carbocycles. The molecule has 6 nitrogen and oxygen atoms in total. The molecule has 7 heteroatoms. The van der Waals surface area contributed by atoms with Crippen LogP contribution in [-0.2, 0) is 4.79 Å². The summed E-state index contributed by atoms with van der Waals surface area (Å²) in [5.41, 5.74) is 0.614. The minimum atomic E-state index is -0.819. The van der Waals surface area contributed by atoms with Crippen LogP contribution in [0.4, 0.5) is 11.4 Å². The second-order valence-corrected chi connectivity index (χ2v) is 5.86. The van der Waals surface area contributed by atoms with Crippen LogP contribution in [-0.4, -0.2) is 29.1 Å². The quantitative estimate of drug-likeness (QED) is 0.671. The van der Waals surface area contributed by atoms with Crippen LogP contribution < -0.4 is 4.90 Å². The van der Waals surface area contributed by atoms with Gasteiger partial charge in [-0.25, -0.2) is 0 Å². The molecule has 1 aromatic rings. The molecule has 1 atom stereocenters. The molecule has 0 bridgehead atoms. The predicted molar refractivity (Wildman–Crippen MR) is 78.0 cm³/mol. The van der Waals surface area contributed by atoms with E-state index in [-0.39, 0.29) is 18.0 Å². The van der Waals surface area contributed by atoms with Gasteiger partial charge in [-0.1, -0.05) is 15.9 Å². The maximum atomic E-state index is 11.1. The normalized spacial score (nSPS) is 18.9. The summed E-state index contributed by atoms with van der Waals surface area (Å²) in [4.78, 5) is 23.4. The molecule has 1 aromatic carbocycles. The average molecular weight is 343 g/mol. The molecule has 0 spiro atoms. The van der Waals surface area contributed by atoms with E-state index in [1.54, 1.807) is 12.1 Å². The van der Waals surface area contributed by atoms with Gasteiger partial charge in [-0.05, 0) is 30.9 Å². The number of nitro benzene ring substituents is 1. The second kappa shape index (κ2) is 6.21. The summed E-state index contributed by atoms with van der Waals surface area (Å²) in [6.45, 7) is 1.26. The fourth-order valence-electron chi connectivity index (χ4n) is 2.60. The Hall–Kier alpha value is -1.63. The first-order valence-corrected chi connectivity index (χ1v) is 7.17. The predicted octanol–water partition coefficient (Wildman–Crippen LogP) is 3.05. The molecule has 1 unspecified atom stereocenters. The Morgan fingerprint density at radius 2 is 2.30 bits per heavy atom. The highest BCUT2D eigenvalue weighted by Gasteiger charge is 2.26. The molecular weight excluding hydrogens is 328 g/mol. The molecule has 1 fully saturated rings. The monoisotopic (exact) mass is 342 g/mol. The molecule has 0 amide bonds. The lowest BCUT2D eigenvalue weighted by Gasteiger charge is -2.33. The average Bonchev–Trinajstić information content (AvgIpc) is 2.37. The van der Waals surface area contributed by atoms with Crippen molar-refractivity contribution in [3.8, 4) is 0 Å². The summed E-state index contributed by atoms with van der Waals surface area (Å²) in [7, 11) is 0. The van der Waals surface area contributed by atoms with Crippen LogP contribution in [0.25, 0.3) is 0 Å². The zero-order valence-corrected chi connectivity index (χ0v) is 12.4. The van der Waals surface area contributed by atoms with Crippen LogP contribution in [0.15, 0.2) is 22.7 Å². The number of halogens is 1. The van der Waals surface area contributed by atoms with Gasteiger partial charge < -0.3 is 10.0 Å². The van der Waals surface area contributed by atoms with Gasteiger partial charge in [0.05, 0.1) is 4.92 Å². The number of aliphatic carboxylic acids is 1. The minimum Gasteiger partial charge on any atom is -0.481 e. The maximum absolute atomic E-state index is 11.1. The highest BCUT2D eigenvalue weighted by atomic mass is 79.9. The highest BCUT2D eigenvalue weighted by molar-refractivity contribution is 9.10. The topological polar surface area (TPSA) is 83.7 Å². The molecule has 20 heavy (non-hydrogen) atoms. The summed E-state index contributed by atoms with van der Waals surface area (Å²) in [6.07, 6.45) is 1.81. The van der Waals surface area contributed by atoms with Gasteiger partial charge >= 0.3 is 5.97 Å². The van der Waals surface area contributed by atoms with Crippen molar-refractivity contribution in [2.75, 3.05) is 18.0 Å². The molecule has 1 saturated heterocycles. The number of carboxylic acids is 1. The van der Waals surface area contributed by atoms with Gasteiger partial charge in [-0.2, -0.15) is 0 Å². The zero-order valence-electron chi connectivity index (χ0n) is 10.8. The number of piperidine rings is 1. The first-order valence-electron chi connectivity index (χ1n) is 6.38. The number of hydrogen-bond acceptors (Lipinski definition) is 4. The molecule has 0 aliphatic carbocycles. The second-order valence-electron chi connectivity index (χ2n) is 4.94. The van der Waals surface area contributed by atoms with Crippen LogP contribution >= 0.6 is 15.9 Å². The highest BCUT2D eigenvalue weighted by Crippen LogP contribution is 2.34. The van der Waals surface area contributed by atoms with Crippen molar-refractivity contribution >= 4 is 33.3 Å². The third kappa shape index (κ3) is 3.47. The Balaban J connectivity index is 2.24. The van der Waals surface area contributed by atoms with Gasteiger partial charge in [0.1, 0.15) is 5.69 Å². The van der Waals surface area contributed by atoms with Gasteiger partial charge in [-0.3, -0.25) is 14.9 Å². The van der Waals surface area contributed by atoms with E-state index in [4.69, 9.17) is 5.11 Å². The minimum absolute atomic E-state index is 0.0415. The van der Waals surface area contributed by atoms with Crippen molar-refractivity contribution in [2.45, 2.75) is 19.3 Å². The van der Waals surface area contributed by atoms with Gasteiger partial charge in [0.25, 0.3) is 5.69 Å². The third-order valence-electron chi connectivity index (χ3n) is 3.46. The van der Waals surface area contributed by atoms with Crippen molar-refractivity contribution in [3.63, 3.8) is 0 Å². The molecule has 0 aromatic heterocycles. The largest absolute Gasteiger partial charge is 0.481 e. The Kier molecular flexibility index (Phi) is 4.59. The van der Waals surface area contributed by atoms with Gasteiger partial charge in [-0.15, -0.1) is 0 Å². The van der Waals surface area contributed by atoms with E-state index < -0.39 is 10.9 Å². The lowest BCUT2D eigenvalue weighted by Crippen LogP contribution is -2.36. The van der Waals surface area contributed by atoms with Crippen LogP contribution in [0.2, 0.25) is 0 Å². The first kappa shape index (κ1) is 14.8. The summed E-state index contributed by atoms with van der Waals surface area (Å²) in [5.74, 6) is -0.777. The van der Waals surface area contributed by atoms with E-state index in [2.05, 4.69) is 15.9 Å². The van der Waals surface area contributed by atoms with Gasteiger partial charge in [0.2, 0.25) is 0 Å². The first-order chi connectivity index (χ1) is 9.47. The standard InChI is InChI=1S/C13H15BrN2O4/c14-10-3-4-11(16(19)20)12(7-10)15-5-1-2-9(8-15)6-13(17)18/h3-4,7,9H,1-2,5-6,8H2,(H,17,18). The summed E-state index contributed by atoms with van der Waals surface area (Å²) < 4.78 is 0.776. The SMILES string of the molecule is O=C(O)CC1CCCN(c2cc(Br)ccc2[N+](=O)[O-])C1. The fraction of sp³-hybridized carbons (Fsp3) is 0.462. The van der Waals surface area contributed by atoms with E-state index >= 15 is 0 Å². The summed E-state index contributed by atoms with van der Waals surface area (Å²) in [5, 5.41) is 20.0. The number of carboxylic acid groups (broad SMARTS) is 1. The smallest absolute Gasteiger partial charge is 0.303 e. The van der Waals surface area contributed by atoms with E-state index in [0.29, 0.717) is 18.8 Å². The van der Waals surface area contributed by atoms with Gasteiger partial charge in [0.15, 0.2) is 0 Å². The Morgan fingerprint density at radius 1 is 1.55 bits per heavy atom. The number of nitrogens with zero attached hydrogens (tertiary/aromatic N) is 2. The van der Waals surface area contributed by atoms with Crippen LogP contribution in [0.1, 0.15) is 19.3 Å². The van der Waals surface area contributed by atoms with E-state index in [1.807, 2.05) is 4.90 Å². The molecule has 1 N–H and O–H groups in total. The van der Waals surface area contributed by atoms with Crippen molar-refractivity contribution in [3.05, 3.63) is 32.8 Å². The molecule has 1 aliphatic rings. The molecule has 1 aliphatic heterocycles. The fourth-order valence-corrected chi connectivity index (χ4v) is 2.95. The molecular formula is C13H15BrN2O4. The zero-order chi connectivity index (χ0) is 14.7. The Bertz CT molecular complexity index is 535. The maximum Gasteiger partial charge on any atom is 0.303 e. The Labute approximate surface area is 124 Å². The van der Waals surface area contributed by atoms with E-state index in [0.717, 1.165) is 17.3 Å². The third-order valence-corrected chi connectivity index (χ3v) is 3.95. The van der Waals surface area contributed by atoms with Crippen LogP contribution in [0.3, 0.4) is 0 Å². The van der Waals surface area contributed by atoms with Gasteiger partial charge in [0, 0.05) is 30.0 Å². The lowest BCUT2D eigenvalue weighted by molar-refractivity contribution is -0.384.